The van der Waals surface area contributed by atoms with Gasteiger partial charge in [0.25, 0.3) is 0 Å². The summed E-state index contributed by atoms with van der Waals surface area (Å²) in [5, 5.41) is 3.66. The molecule has 0 bridgehead atoms. The Morgan fingerprint density at radius 2 is 1.69 bits per heavy atom. The van der Waals surface area contributed by atoms with Gasteiger partial charge in [-0.3, -0.25) is 4.90 Å². The van der Waals surface area contributed by atoms with Gasteiger partial charge in [0.1, 0.15) is 0 Å². The maximum atomic E-state index is 3.66. The summed E-state index contributed by atoms with van der Waals surface area (Å²) in [7, 11) is 0. The molecule has 0 aromatic carbocycles. The molecule has 0 atom stereocenters. The van der Waals surface area contributed by atoms with Crippen LogP contribution in [0.25, 0.3) is 0 Å². The fraction of sp³-hybridized carbons (Fsp3) is 1.00. The molecule has 0 spiro atoms. The molecule has 1 aliphatic carbocycles. The molecule has 1 aliphatic heterocycles. The molecule has 16 heavy (non-hydrogen) atoms. The van der Waals surface area contributed by atoms with Crippen molar-refractivity contribution in [2.45, 2.75) is 70.4 Å². The summed E-state index contributed by atoms with van der Waals surface area (Å²) in [6.45, 7) is 8.40. The molecule has 2 aliphatic rings. The first-order chi connectivity index (χ1) is 7.67. The van der Waals surface area contributed by atoms with Gasteiger partial charge in [-0.25, -0.2) is 0 Å². The molecule has 2 fully saturated rings. The van der Waals surface area contributed by atoms with E-state index in [-0.39, 0.29) is 0 Å². The number of hydrogen-bond acceptors (Lipinski definition) is 2. The van der Waals surface area contributed by atoms with E-state index in [1.807, 2.05) is 0 Å². The van der Waals surface area contributed by atoms with Gasteiger partial charge in [-0.2, -0.15) is 0 Å². The number of hydrogen-bond donors (Lipinski definition) is 1. The lowest BCUT2D eigenvalue weighted by atomic mass is 10.0. The molecule has 2 nitrogen and oxygen atoms in total. The summed E-state index contributed by atoms with van der Waals surface area (Å²) in [6.07, 6.45) is 10.0. The first kappa shape index (κ1) is 12.4. The normalized spacial score (nSPS) is 29.6. The predicted octanol–water partition coefficient (Wildman–Crippen LogP) is 2.78. The Morgan fingerprint density at radius 1 is 1.00 bits per heavy atom. The minimum atomic E-state index is 0.347. The van der Waals surface area contributed by atoms with E-state index in [1.54, 1.807) is 0 Å². The lowest BCUT2D eigenvalue weighted by molar-refractivity contribution is 0.187. The van der Waals surface area contributed by atoms with Crippen LogP contribution in [0.1, 0.15) is 58.8 Å². The fourth-order valence-corrected chi connectivity index (χ4v) is 3.15. The summed E-state index contributed by atoms with van der Waals surface area (Å²) in [4.78, 5) is 2.76. The Morgan fingerprint density at radius 3 is 2.38 bits per heavy atom. The van der Waals surface area contributed by atoms with Crippen molar-refractivity contribution in [3.63, 3.8) is 0 Å². The van der Waals surface area contributed by atoms with Crippen LogP contribution in [0.2, 0.25) is 0 Å². The van der Waals surface area contributed by atoms with Crippen LogP contribution in [0.5, 0.6) is 0 Å². The zero-order valence-electron chi connectivity index (χ0n) is 11.1. The van der Waals surface area contributed by atoms with Crippen LogP contribution >= 0.6 is 0 Å². The van der Waals surface area contributed by atoms with Gasteiger partial charge < -0.3 is 5.32 Å². The van der Waals surface area contributed by atoms with E-state index < -0.39 is 0 Å². The summed E-state index contributed by atoms with van der Waals surface area (Å²) < 4.78 is 0. The molecule has 0 radical (unpaired) electrons. The standard InChI is InChI=1S/C14H28N2/c1-14(2)9-11-16(12-10-15-14)13-7-5-3-4-6-8-13/h13,15H,3-12H2,1-2H3. The van der Waals surface area contributed by atoms with E-state index in [2.05, 4.69) is 24.1 Å². The van der Waals surface area contributed by atoms with E-state index in [4.69, 9.17) is 0 Å². The second-order valence-electron chi connectivity index (χ2n) is 6.24. The van der Waals surface area contributed by atoms with Crippen molar-refractivity contribution in [1.29, 1.82) is 0 Å². The highest BCUT2D eigenvalue weighted by atomic mass is 15.2. The third kappa shape index (κ3) is 3.46. The Hall–Kier alpha value is -0.0800. The number of nitrogens with zero attached hydrogens (tertiary/aromatic N) is 1. The molecular formula is C14H28N2. The highest BCUT2D eigenvalue weighted by Crippen LogP contribution is 2.24. The van der Waals surface area contributed by atoms with Gasteiger partial charge in [0.05, 0.1) is 0 Å². The average Bonchev–Trinajstić information content (AvgIpc) is 2.58. The van der Waals surface area contributed by atoms with Gasteiger partial charge in [-0.1, -0.05) is 25.7 Å². The molecular weight excluding hydrogens is 196 g/mol. The SMILES string of the molecule is CC1(C)CCN(C2CCCCCC2)CCN1. The van der Waals surface area contributed by atoms with Crippen molar-refractivity contribution in [3.05, 3.63) is 0 Å². The van der Waals surface area contributed by atoms with E-state index in [1.165, 1.54) is 64.6 Å². The molecule has 94 valence electrons. The molecule has 0 aromatic rings. The third-order valence-corrected chi connectivity index (χ3v) is 4.37. The summed E-state index contributed by atoms with van der Waals surface area (Å²) in [6, 6.07) is 0.887. The van der Waals surface area contributed by atoms with Gasteiger partial charge in [-0.15, -0.1) is 0 Å². The molecule has 2 heteroatoms. The minimum Gasteiger partial charge on any atom is -0.310 e. The molecule has 1 N–H and O–H groups in total. The number of rotatable bonds is 1. The molecule has 1 saturated carbocycles. The first-order valence-electron chi connectivity index (χ1n) is 7.16. The quantitative estimate of drug-likeness (QED) is 0.689. The van der Waals surface area contributed by atoms with Crippen molar-refractivity contribution in [2.24, 2.45) is 0 Å². The fourth-order valence-electron chi connectivity index (χ4n) is 3.15. The highest BCUT2D eigenvalue weighted by molar-refractivity contribution is 4.85. The van der Waals surface area contributed by atoms with Gasteiger partial charge >= 0.3 is 0 Å². The van der Waals surface area contributed by atoms with Crippen molar-refractivity contribution >= 4 is 0 Å². The summed E-state index contributed by atoms with van der Waals surface area (Å²) >= 11 is 0. The van der Waals surface area contributed by atoms with E-state index >= 15 is 0 Å². The molecule has 0 unspecified atom stereocenters. The third-order valence-electron chi connectivity index (χ3n) is 4.37. The maximum absolute atomic E-state index is 3.66. The number of nitrogens with one attached hydrogen (secondary N) is 1. The highest BCUT2D eigenvalue weighted by Gasteiger charge is 2.26. The predicted molar refractivity (Wildman–Crippen MR) is 69.8 cm³/mol. The topological polar surface area (TPSA) is 15.3 Å². The van der Waals surface area contributed by atoms with E-state index in [0.29, 0.717) is 5.54 Å². The molecule has 1 saturated heterocycles. The van der Waals surface area contributed by atoms with Crippen LogP contribution in [0.15, 0.2) is 0 Å². The summed E-state index contributed by atoms with van der Waals surface area (Å²) in [5.74, 6) is 0. The molecule has 1 heterocycles. The van der Waals surface area contributed by atoms with Crippen LogP contribution in [0, 0.1) is 0 Å². The Kier molecular flexibility index (Phi) is 4.26. The monoisotopic (exact) mass is 224 g/mol. The van der Waals surface area contributed by atoms with Crippen LogP contribution in [0.3, 0.4) is 0 Å². The van der Waals surface area contributed by atoms with Crippen molar-refractivity contribution < 1.29 is 0 Å². The molecule has 0 amide bonds. The van der Waals surface area contributed by atoms with Crippen molar-refractivity contribution in [1.82, 2.24) is 10.2 Å². The van der Waals surface area contributed by atoms with Crippen LogP contribution in [0.4, 0.5) is 0 Å². The van der Waals surface area contributed by atoms with Crippen LogP contribution in [-0.4, -0.2) is 36.1 Å². The van der Waals surface area contributed by atoms with Crippen LogP contribution < -0.4 is 5.32 Å². The second kappa shape index (κ2) is 5.50. The Bertz CT molecular complexity index is 205. The first-order valence-corrected chi connectivity index (χ1v) is 7.16. The zero-order valence-corrected chi connectivity index (χ0v) is 11.1. The Labute approximate surface area is 101 Å². The molecule has 0 aromatic heterocycles. The van der Waals surface area contributed by atoms with Gasteiger partial charge in [0.15, 0.2) is 0 Å². The lowest BCUT2D eigenvalue weighted by Crippen LogP contribution is -2.39. The molecule has 2 rings (SSSR count). The van der Waals surface area contributed by atoms with Crippen molar-refractivity contribution in [3.8, 4) is 0 Å². The Balaban J connectivity index is 1.88. The van der Waals surface area contributed by atoms with Crippen LogP contribution in [-0.2, 0) is 0 Å². The second-order valence-corrected chi connectivity index (χ2v) is 6.24. The average molecular weight is 224 g/mol. The van der Waals surface area contributed by atoms with Gasteiger partial charge in [-0.05, 0) is 33.1 Å². The smallest absolute Gasteiger partial charge is 0.0137 e. The summed E-state index contributed by atoms with van der Waals surface area (Å²) in [5.41, 5.74) is 0.347. The van der Waals surface area contributed by atoms with Crippen molar-refractivity contribution in [2.75, 3.05) is 19.6 Å². The maximum Gasteiger partial charge on any atom is 0.0137 e. The largest absolute Gasteiger partial charge is 0.310 e. The van der Waals surface area contributed by atoms with Gasteiger partial charge in [0.2, 0.25) is 0 Å². The zero-order chi connectivity index (χ0) is 11.4. The van der Waals surface area contributed by atoms with E-state index in [0.717, 1.165) is 6.04 Å². The lowest BCUT2D eigenvalue weighted by Gasteiger charge is -2.30. The van der Waals surface area contributed by atoms with Gasteiger partial charge in [0, 0.05) is 31.2 Å². The van der Waals surface area contributed by atoms with E-state index in [9.17, 15) is 0 Å². The minimum absolute atomic E-state index is 0.347.